The average Bonchev–Trinajstić information content (AvgIpc) is 3.42. The van der Waals surface area contributed by atoms with Crippen LogP contribution in [0.15, 0.2) is 23.1 Å². The summed E-state index contributed by atoms with van der Waals surface area (Å²) in [5.74, 6) is 2.63. The zero-order valence-electron chi connectivity index (χ0n) is 15.5. The molecule has 3 aromatic rings. The molecule has 2 aliphatic rings. The number of aryl methyl sites for hydroxylation is 1. The first-order valence-electron chi connectivity index (χ1n) is 9.31. The fraction of sp³-hybridized carbons (Fsp3) is 0.500. The van der Waals surface area contributed by atoms with Gasteiger partial charge in [0.05, 0.1) is 11.9 Å². The maximum absolute atomic E-state index is 12.4. The van der Waals surface area contributed by atoms with Crippen molar-refractivity contribution in [3.63, 3.8) is 0 Å². The molecular formula is C18H22N8O. The highest BCUT2D eigenvalue weighted by Crippen LogP contribution is 2.38. The number of hydrogen-bond acceptors (Lipinski definition) is 7. The molecule has 0 atom stereocenters. The zero-order valence-corrected chi connectivity index (χ0v) is 15.5. The lowest BCUT2D eigenvalue weighted by Crippen LogP contribution is -2.50. The third-order valence-corrected chi connectivity index (χ3v) is 5.47. The predicted molar refractivity (Wildman–Crippen MR) is 102 cm³/mol. The van der Waals surface area contributed by atoms with Crippen LogP contribution in [0.4, 0.5) is 11.8 Å². The molecule has 9 heteroatoms. The Hall–Kier alpha value is -2.97. The van der Waals surface area contributed by atoms with Crippen LogP contribution in [-0.4, -0.2) is 49.2 Å². The molecule has 0 amide bonds. The molecule has 3 aromatic heterocycles. The van der Waals surface area contributed by atoms with Gasteiger partial charge in [-0.3, -0.25) is 14.0 Å². The first-order chi connectivity index (χ1) is 13.1. The van der Waals surface area contributed by atoms with Crippen molar-refractivity contribution in [2.75, 3.05) is 29.9 Å². The van der Waals surface area contributed by atoms with Crippen LogP contribution in [0.3, 0.4) is 0 Å². The summed E-state index contributed by atoms with van der Waals surface area (Å²) in [5.41, 5.74) is 1.63. The summed E-state index contributed by atoms with van der Waals surface area (Å²) in [7, 11) is 3.52. The molecule has 5 rings (SSSR count). The Bertz CT molecular complexity index is 1040. The van der Waals surface area contributed by atoms with Crippen LogP contribution in [-0.2, 0) is 14.1 Å². The summed E-state index contributed by atoms with van der Waals surface area (Å²) in [4.78, 5) is 19.2. The van der Waals surface area contributed by atoms with Crippen LogP contribution < -0.4 is 15.8 Å². The van der Waals surface area contributed by atoms with Crippen molar-refractivity contribution in [3.8, 4) is 0 Å². The maximum atomic E-state index is 12.4. The van der Waals surface area contributed by atoms with E-state index in [9.17, 15) is 4.79 Å². The third-order valence-electron chi connectivity index (χ3n) is 5.47. The van der Waals surface area contributed by atoms with Gasteiger partial charge in [-0.05, 0) is 25.0 Å². The Morgan fingerprint density at radius 3 is 2.70 bits per heavy atom. The minimum absolute atomic E-state index is 0.0862. The van der Waals surface area contributed by atoms with Gasteiger partial charge in [-0.25, -0.2) is 0 Å². The minimum atomic E-state index is -0.0862. The van der Waals surface area contributed by atoms with Gasteiger partial charge < -0.3 is 10.2 Å². The van der Waals surface area contributed by atoms with Crippen LogP contribution >= 0.6 is 0 Å². The second-order valence-corrected chi connectivity index (χ2v) is 7.55. The largest absolute Gasteiger partial charge is 0.355 e. The summed E-state index contributed by atoms with van der Waals surface area (Å²) in [6.07, 6.45) is 4.05. The second-order valence-electron chi connectivity index (χ2n) is 7.55. The topological polar surface area (TPSA) is 93.8 Å². The van der Waals surface area contributed by atoms with E-state index < -0.39 is 0 Å². The zero-order chi connectivity index (χ0) is 18.5. The van der Waals surface area contributed by atoms with Gasteiger partial charge in [0, 0.05) is 45.6 Å². The van der Waals surface area contributed by atoms with Gasteiger partial charge in [-0.1, -0.05) is 0 Å². The highest BCUT2D eigenvalue weighted by Gasteiger charge is 2.29. The molecule has 4 heterocycles. The SMILES string of the molecule is Cn1c(NCC2CN(c3ccc(C4CC4)nn3)C2)nc2c(cnn2C)c1=O. The summed E-state index contributed by atoms with van der Waals surface area (Å²) in [6, 6.07) is 4.18. The van der Waals surface area contributed by atoms with Crippen molar-refractivity contribution in [3.05, 3.63) is 34.4 Å². The molecule has 0 bridgehead atoms. The number of fused-ring (bicyclic) bond motifs is 1. The molecule has 1 aliphatic carbocycles. The van der Waals surface area contributed by atoms with Gasteiger partial charge >= 0.3 is 0 Å². The molecule has 1 saturated heterocycles. The van der Waals surface area contributed by atoms with Gasteiger partial charge in [0.1, 0.15) is 5.39 Å². The molecule has 1 aliphatic heterocycles. The third kappa shape index (κ3) is 2.83. The van der Waals surface area contributed by atoms with Gasteiger partial charge in [0.15, 0.2) is 11.5 Å². The van der Waals surface area contributed by atoms with Crippen molar-refractivity contribution < 1.29 is 0 Å². The second kappa shape index (κ2) is 6.04. The Labute approximate surface area is 156 Å². The van der Waals surface area contributed by atoms with Crippen LogP contribution in [0.2, 0.25) is 0 Å². The molecule has 0 aromatic carbocycles. The Balaban J connectivity index is 1.22. The van der Waals surface area contributed by atoms with E-state index in [4.69, 9.17) is 0 Å². The fourth-order valence-corrected chi connectivity index (χ4v) is 3.55. The number of hydrogen-bond donors (Lipinski definition) is 1. The smallest absolute Gasteiger partial charge is 0.265 e. The molecule has 140 valence electrons. The van der Waals surface area contributed by atoms with E-state index >= 15 is 0 Å². The summed E-state index contributed by atoms with van der Waals surface area (Å²) in [6.45, 7) is 2.60. The van der Waals surface area contributed by atoms with Crippen LogP contribution in [0, 0.1) is 5.92 Å². The highest BCUT2D eigenvalue weighted by atomic mass is 16.1. The Kier molecular flexibility index (Phi) is 3.63. The number of anilines is 2. The Morgan fingerprint density at radius 1 is 1.19 bits per heavy atom. The van der Waals surface area contributed by atoms with Crippen molar-refractivity contribution in [2.45, 2.75) is 18.8 Å². The lowest BCUT2D eigenvalue weighted by molar-refractivity contribution is 0.424. The van der Waals surface area contributed by atoms with E-state index in [0.717, 1.165) is 31.1 Å². The standard InChI is InChI=1S/C18H22N8O/c1-24-17(27)13-8-20-25(2)16(13)21-18(24)19-7-11-9-26(10-11)15-6-5-14(22-23-15)12-3-4-12/h5-6,8,11-12H,3-4,7,9-10H2,1-2H3,(H,19,21). The van der Waals surface area contributed by atoms with Crippen LogP contribution in [0.25, 0.3) is 11.0 Å². The normalized spacial score (nSPS) is 17.3. The van der Waals surface area contributed by atoms with Crippen molar-refractivity contribution in [2.24, 2.45) is 20.0 Å². The number of nitrogens with one attached hydrogen (secondary N) is 1. The molecule has 0 radical (unpaired) electrons. The van der Waals surface area contributed by atoms with Gasteiger partial charge in [-0.2, -0.15) is 15.2 Å². The van der Waals surface area contributed by atoms with Gasteiger partial charge in [0.25, 0.3) is 5.56 Å². The molecule has 27 heavy (non-hydrogen) atoms. The van der Waals surface area contributed by atoms with E-state index in [2.05, 4.69) is 42.6 Å². The van der Waals surface area contributed by atoms with Crippen molar-refractivity contribution >= 4 is 22.8 Å². The van der Waals surface area contributed by atoms with E-state index in [0.29, 0.717) is 28.8 Å². The van der Waals surface area contributed by atoms with E-state index in [1.807, 2.05) is 0 Å². The average molecular weight is 366 g/mol. The Morgan fingerprint density at radius 2 is 2.00 bits per heavy atom. The lowest BCUT2D eigenvalue weighted by atomic mass is 10.0. The molecule has 9 nitrogen and oxygen atoms in total. The quantitative estimate of drug-likeness (QED) is 0.716. The molecule has 0 spiro atoms. The first kappa shape index (κ1) is 16.2. The van der Waals surface area contributed by atoms with Crippen LogP contribution in [0.1, 0.15) is 24.5 Å². The predicted octanol–water partition coefficient (Wildman–Crippen LogP) is 0.883. The van der Waals surface area contributed by atoms with E-state index in [-0.39, 0.29) is 5.56 Å². The number of rotatable bonds is 5. The van der Waals surface area contributed by atoms with Crippen molar-refractivity contribution in [1.82, 2.24) is 29.5 Å². The minimum Gasteiger partial charge on any atom is -0.355 e. The summed E-state index contributed by atoms with van der Waals surface area (Å²) in [5, 5.41) is 16.7. The number of nitrogens with zero attached hydrogens (tertiary/aromatic N) is 7. The first-order valence-corrected chi connectivity index (χ1v) is 9.31. The van der Waals surface area contributed by atoms with Crippen LogP contribution in [0.5, 0.6) is 0 Å². The monoisotopic (exact) mass is 366 g/mol. The maximum Gasteiger partial charge on any atom is 0.265 e. The molecular weight excluding hydrogens is 344 g/mol. The van der Waals surface area contributed by atoms with Crippen molar-refractivity contribution in [1.29, 1.82) is 0 Å². The summed E-state index contributed by atoms with van der Waals surface area (Å²) >= 11 is 0. The van der Waals surface area contributed by atoms with E-state index in [1.165, 1.54) is 12.8 Å². The fourth-order valence-electron chi connectivity index (χ4n) is 3.55. The molecule has 2 fully saturated rings. The highest BCUT2D eigenvalue weighted by molar-refractivity contribution is 5.74. The van der Waals surface area contributed by atoms with Gasteiger partial charge in [0.2, 0.25) is 5.95 Å². The molecule has 1 saturated carbocycles. The summed E-state index contributed by atoms with van der Waals surface area (Å²) < 4.78 is 3.17. The van der Waals surface area contributed by atoms with E-state index in [1.54, 1.807) is 29.5 Å². The molecule has 1 N–H and O–H groups in total. The van der Waals surface area contributed by atoms with Gasteiger partial charge in [-0.15, -0.1) is 5.10 Å². The molecule has 0 unspecified atom stereocenters. The number of aromatic nitrogens is 6. The lowest BCUT2D eigenvalue weighted by Gasteiger charge is -2.40.